The zero-order chi connectivity index (χ0) is 10.8. The number of allylic oxidation sites excluding steroid dienone is 2. The van der Waals surface area contributed by atoms with Gasteiger partial charge >= 0.3 is 0 Å². The maximum atomic E-state index is 11.9. The Hall–Kier alpha value is -1.41. The van der Waals surface area contributed by atoms with E-state index in [0.29, 0.717) is 0 Å². The number of fused-ring (bicyclic) bond motifs is 1. The highest BCUT2D eigenvalue weighted by atomic mass is 32.1. The molecule has 2 heteroatoms. The van der Waals surface area contributed by atoms with E-state index in [1.54, 1.807) is 11.3 Å². The van der Waals surface area contributed by atoms with Gasteiger partial charge in [0.2, 0.25) is 0 Å². The van der Waals surface area contributed by atoms with Crippen LogP contribution in [0.1, 0.15) is 23.5 Å². The molecule has 0 saturated heterocycles. The van der Waals surface area contributed by atoms with Crippen LogP contribution in [-0.4, -0.2) is 5.78 Å². The average Bonchev–Trinajstić information content (AvgIpc) is 2.70. The lowest BCUT2D eigenvalue weighted by Gasteiger charge is -1.94. The van der Waals surface area contributed by atoms with E-state index < -0.39 is 0 Å². The van der Waals surface area contributed by atoms with Crippen LogP contribution in [0.3, 0.4) is 0 Å². The lowest BCUT2D eigenvalue weighted by atomic mass is 10.1. The molecule has 0 fully saturated rings. The van der Waals surface area contributed by atoms with E-state index in [1.165, 1.54) is 4.70 Å². The van der Waals surface area contributed by atoms with E-state index in [0.717, 1.165) is 15.8 Å². The Kier molecular flexibility index (Phi) is 2.69. The number of hydrogen-bond donors (Lipinski definition) is 0. The third kappa shape index (κ3) is 1.85. The van der Waals surface area contributed by atoms with Gasteiger partial charge < -0.3 is 0 Å². The zero-order valence-electron chi connectivity index (χ0n) is 8.78. The standard InChI is InChI=1S/C13H12OS/c1-3-9(2)13(14)12-8-10-6-4-5-7-11(10)15-12/h3-8H,1-2H3. The Bertz CT molecular complexity index is 501. The molecule has 1 aromatic carbocycles. The molecule has 0 bridgehead atoms. The summed E-state index contributed by atoms with van der Waals surface area (Å²) in [6, 6.07) is 10.0. The van der Waals surface area contributed by atoms with Gasteiger partial charge in [-0.2, -0.15) is 0 Å². The fourth-order valence-electron chi connectivity index (χ4n) is 1.42. The summed E-state index contributed by atoms with van der Waals surface area (Å²) in [4.78, 5) is 12.7. The van der Waals surface area contributed by atoms with E-state index in [1.807, 2.05) is 50.3 Å². The second-order valence-corrected chi connectivity index (χ2v) is 4.53. The van der Waals surface area contributed by atoms with Crippen molar-refractivity contribution in [3.05, 3.63) is 46.9 Å². The number of thiophene rings is 1. The third-order valence-corrected chi connectivity index (χ3v) is 3.56. The van der Waals surface area contributed by atoms with E-state index in [4.69, 9.17) is 0 Å². The van der Waals surface area contributed by atoms with Gasteiger partial charge in [0.05, 0.1) is 4.88 Å². The Morgan fingerprint density at radius 2 is 2.07 bits per heavy atom. The van der Waals surface area contributed by atoms with Gasteiger partial charge in [0, 0.05) is 4.70 Å². The molecule has 0 radical (unpaired) electrons. The highest BCUT2D eigenvalue weighted by Gasteiger charge is 2.10. The van der Waals surface area contributed by atoms with Crippen molar-refractivity contribution in [3.8, 4) is 0 Å². The van der Waals surface area contributed by atoms with E-state index in [-0.39, 0.29) is 5.78 Å². The van der Waals surface area contributed by atoms with Crippen molar-refractivity contribution in [2.45, 2.75) is 13.8 Å². The Labute approximate surface area is 93.1 Å². The van der Waals surface area contributed by atoms with E-state index in [2.05, 4.69) is 0 Å². The molecule has 76 valence electrons. The van der Waals surface area contributed by atoms with Gasteiger partial charge in [0.1, 0.15) is 0 Å². The fraction of sp³-hybridized carbons (Fsp3) is 0.154. The molecule has 0 aliphatic heterocycles. The second kappa shape index (κ2) is 3.99. The molecule has 0 aliphatic rings. The summed E-state index contributed by atoms with van der Waals surface area (Å²) in [5, 5.41) is 1.15. The van der Waals surface area contributed by atoms with Crippen LogP contribution < -0.4 is 0 Å². The predicted molar refractivity (Wildman–Crippen MR) is 65.6 cm³/mol. The molecule has 1 aromatic heterocycles. The molecule has 15 heavy (non-hydrogen) atoms. The van der Waals surface area contributed by atoms with Crippen LogP contribution in [0, 0.1) is 0 Å². The molecule has 0 N–H and O–H groups in total. The first-order valence-corrected chi connectivity index (χ1v) is 5.70. The van der Waals surface area contributed by atoms with E-state index in [9.17, 15) is 4.79 Å². The Balaban J connectivity index is 2.50. The SMILES string of the molecule is CC=C(C)C(=O)c1cc2ccccc2s1. The first-order valence-electron chi connectivity index (χ1n) is 4.88. The maximum Gasteiger partial charge on any atom is 0.198 e. The second-order valence-electron chi connectivity index (χ2n) is 3.45. The van der Waals surface area contributed by atoms with Crippen LogP contribution in [0.2, 0.25) is 0 Å². The molecule has 0 aliphatic carbocycles. The van der Waals surface area contributed by atoms with Gasteiger partial charge in [-0.15, -0.1) is 11.3 Å². The van der Waals surface area contributed by atoms with Crippen LogP contribution in [0.4, 0.5) is 0 Å². The minimum atomic E-state index is 0.138. The van der Waals surface area contributed by atoms with Crippen molar-refractivity contribution in [3.63, 3.8) is 0 Å². The highest BCUT2D eigenvalue weighted by Crippen LogP contribution is 2.26. The first-order chi connectivity index (χ1) is 7.22. The van der Waals surface area contributed by atoms with Crippen LogP contribution >= 0.6 is 11.3 Å². The molecule has 0 unspecified atom stereocenters. The molecule has 1 heterocycles. The smallest absolute Gasteiger partial charge is 0.198 e. The summed E-state index contributed by atoms with van der Waals surface area (Å²) in [6.45, 7) is 3.74. The summed E-state index contributed by atoms with van der Waals surface area (Å²) >= 11 is 1.56. The molecule has 0 atom stereocenters. The van der Waals surface area contributed by atoms with Crippen molar-refractivity contribution in [1.82, 2.24) is 0 Å². The Morgan fingerprint density at radius 3 is 2.73 bits per heavy atom. The summed E-state index contributed by atoms with van der Waals surface area (Å²) < 4.78 is 1.17. The molecule has 2 rings (SSSR count). The number of rotatable bonds is 2. The van der Waals surface area contributed by atoms with Crippen molar-refractivity contribution in [1.29, 1.82) is 0 Å². The molecule has 2 aromatic rings. The topological polar surface area (TPSA) is 17.1 Å². The molecule has 0 amide bonds. The summed E-state index contributed by atoms with van der Waals surface area (Å²) in [7, 11) is 0. The summed E-state index contributed by atoms with van der Waals surface area (Å²) in [5.74, 6) is 0.138. The fourth-order valence-corrected chi connectivity index (χ4v) is 2.49. The quantitative estimate of drug-likeness (QED) is 0.546. The summed E-state index contributed by atoms with van der Waals surface area (Å²) in [5.41, 5.74) is 0.807. The molecule has 1 nitrogen and oxygen atoms in total. The highest BCUT2D eigenvalue weighted by molar-refractivity contribution is 7.21. The van der Waals surface area contributed by atoms with Crippen molar-refractivity contribution in [2.24, 2.45) is 0 Å². The largest absolute Gasteiger partial charge is 0.288 e. The number of benzene rings is 1. The monoisotopic (exact) mass is 216 g/mol. The third-order valence-electron chi connectivity index (χ3n) is 2.44. The minimum absolute atomic E-state index is 0.138. The number of Topliss-reactive ketones (excluding diaryl/α,β-unsaturated/α-hetero) is 1. The van der Waals surface area contributed by atoms with Crippen LogP contribution in [0.15, 0.2) is 42.0 Å². The number of carbonyl (C=O) groups is 1. The minimum Gasteiger partial charge on any atom is -0.288 e. The van der Waals surface area contributed by atoms with Gasteiger partial charge in [-0.05, 0) is 36.9 Å². The number of ketones is 1. The molecular weight excluding hydrogens is 204 g/mol. The molecule has 0 saturated carbocycles. The normalized spacial score (nSPS) is 12.0. The lowest BCUT2D eigenvalue weighted by Crippen LogP contribution is -1.96. The van der Waals surface area contributed by atoms with Crippen LogP contribution in [-0.2, 0) is 0 Å². The predicted octanol–water partition coefficient (Wildman–Crippen LogP) is 4.05. The lowest BCUT2D eigenvalue weighted by molar-refractivity contribution is 0.103. The van der Waals surface area contributed by atoms with Crippen molar-refractivity contribution < 1.29 is 4.79 Å². The first kappa shape index (κ1) is 10.1. The van der Waals surface area contributed by atoms with Gasteiger partial charge in [-0.3, -0.25) is 4.79 Å². The van der Waals surface area contributed by atoms with Gasteiger partial charge in [-0.1, -0.05) is 24.3 Å². The van der Waals surface area contributed by atoms with Gasteiger partial charge in [0.15, 0.2) is 5.78 Å². The van der Waals surface area contributed by atoms with Crippen LogP contribution in [0.25, 0.3) is 10.1 Å². The van der Waals surface area contributed by atoms with Crippen molar-refractivity contribution in [2.75, 3.05) is 0 Å². The maximum absolute atomic E-state index is 11.9. The van der Waals surface area contributed by atoms with Crippen LogP contribution in [0.5, 0.6) is 0 Å². The number of hydrogen-bond acceptors (Lipinski definition) is 2. The Morgan fingerprint density at radius 1 is 1.33 bits per heavy atom. The summed E-state index contributed by atoms with van der Waals surface area (Å²) in [6.07, 6.45) is 1.85. The van der Waals surface area contributed by atoms with Gasteiger partial charge in [-0.25, -0.2) is 0 Å². The molecule has 0 spiro atoms. The van der Waals surface area contributed by atoms with Crippen molar-refractivity contribution >= 4 is 27.2 Å². The zero-order valence-corrected chi connectivity index (χ0v) is 9.60. The average molecular weight is 216 g/mol. The molecular formula is C13H12OS. The van der Waals surface area contributed by atoms with Gasteiger partial charge in [0.25, 0.3) is 0 Å². The number of carbonyl (C=O) groups excluding carboxylic acids is 1. The van der Waals surface area contributed by atoms with E-state index >= 15 is 0 Å².